The molecule has 2 aromatic rings. The standard InChI is InChI=1S/C17H20N2O2/c1-10-7-11(2)14(12(3)8-10)9-21-16-13(17(19)20)5-4-6-15(16)18/h4-8H,9,18H2,1-3H3,(H2,19,20). The Balaban J connectivity index is 2.31. The summed E-state index contributed by atoms with van der Waals surface area (Å²) < 4.78 is 5.79. The van der Waals surface area contributed by atoms with Crippen LogP contribution < -0.4 is 16.2 Å². The van der Waals surface area contributed by atoms with Gasteiger partial charge in [-0.15, -0.1) is 0 Å². The van der Waals surface area contributed by atoms with Gasteiger partial charge >= 0.3 is 0 Å². The summed E-state index contributed by atoms with van der Waals surface area (Å²) in [6.07, 6.45) is 0. The molecule has 0 unspecified atom stereocenters. The Labute approximate surface area is 124 Å². The lowest BCUT2D eigenvalue weighted by molar-refractivity contribution is 0.0996. The molecule has 2 aromatic carbocycles. The monoisotopic (exact) mass is 284 g/mol. The lowest BCUT2D eigenvalue weighted by atomic mass is 10.0. The summed E-state index contributed by atoms with van der Waals surface area (Å²) >= 11 is 0. The number of amides is 1. The lowest BCUT2D eigenvalue weighted by Gasteiger charge is -2.15. The van der Waals surface area contributed by atoms with Gasteiger partial charge < -0.3 is 16.2 Å². The average Bonchev–Trinajstić information content (AvgIpc) is 2.38. The quantitative estimate of drug-likeness (QED) is 0.847. The highest BCUT2D eigenvalue weighted by atomic mass is 16.5. The summed E-state index contributed by atoms with van der Waals surface area (Å²) in [7, 11) is 0. The number of anilines is 1. The summed E-state index contributed by atoms with van der Waals surface area (Å²) in [6.45, 7) is 6.50. The molecular weight excluding hydrogens is 264 g/mol. The van der Waals surface area contributed by atoms with Crippen LogP contribution >= 0.6 is 0 Å². The normalized spacial score (nSPS) is 10.4. The van der Waals surface area contributed by atoms with Crippen LogP contribution in [-0.4, -0.2) is 5.91 Å². The molecule has 0 aliphatic rings. The van der Waals surface area contributed by atoms with Gasteiger partial charge in [0.05, 0.1) is 11.3 Å². The second-order valence-electron chi connectivity index (χ2n) is 5.25. The topological polar surface area (TPSA) is 78.3 Å². The zero-order valence-corrected chi connectivity index (χ0v) is 12.6. The Kier molecular flexibility index (Phi) is 4.17. The lowest BCUT2D eigenvalue weighted by Crippen LogP contribution is -2.14. The molecule has 110 valence electrons. The first-order chi connectivity index (χ1) is 9.90. The van der Waals surface area contributed by atoms with Crippen molar-refractivity contribution in [3.8, 4) is 5.75 Å². The van der Waals surface area contributed by atoms with Gasteiger partial charge in [0.2, 0.25) is 0 Å². The molecule has 1 amide bonds. The Morgan fingerprint density at radius 2 is 1.76 bits per heavy atom. The Bertz CT molecular complexity index is 670. The zero-order valence-electron chi connectivity index (χ0n) is 12.6. The number of rotatable bonds is 4. The maximum absolute atomic E-state index is 11.5. The number of nitrogens with two attached hydrogens (primary N) is 2. The smallest absolute Gasteiger partial charge is 0.252 e. The SMILES string of the molecule is Cc1cc(C)c(COc2c(N)cccc2C(N)=O)c(C)c1. The molecule has 0 spiro atoms. The van der Waals surface area contributed by atoms with E-state index >= 15 is 0 Å². The minimum Gasteiger partial charge on any atom is -0.486 e. The number of hydrogen-bond donors (Lipinski definition) is 2. The highest BCUT2D eigenvalue weighted by Gasteiger charge is 2.13. The van der Waals surface area contributed by atoms with E-state index in [1.807, 2.05) is 13.8 Å². The van der Waals surface area contributed by atoms with E-state index in [1.165, 1.54) is 5.56 Å². The fraction of sp³-hybridized carbons (Fsp3) is 0.235. The van der Waals surface area contributed by atoms with E-state index in [0.717, 1.165) is 16.7 Å². The third-order valence-electron chi connectivity index (χ3n) is 3.51. The van der Waals surface area contributed by atoms with Gasteiger partial charge in [0.1, 0.15) is 6.61 Å². The average molecular weight is 284 g/mol. The fourth-order valence-corrected chi connectivity index (χ4v) is 2.49. The molecule has 4 heteroatoms. The van der Waals surface area contributed by atoms with Crippen molar-refractivity contribution in [2.75, 3.05) is 5.73 Å². The molecule has 0 aliphatic heterocycles. The molecule has 0 fully saturated rings. The number of aryl methyl sites for hydroxylation is 3. The highest BCUT2D eigenvalue weighted by Crippen LogP contribution is 2.28. The minimum atomic E-state index is -0.547. The molecule has 0 saturated heterocycles. The van der Waals surface area contributed by atoms with E-state index in [-0.39, 0.29) is 0 Å². The van der Waals surface area contributed by atoms with Gasteiger partial charge in [-0.25, -0.2) is 0 Å². The molecule has 0 radical (unpaired) electrons. The van der Waals surface area contributed by atoms with Gasteiger partial charge in [0, 0.05) is 0 Å². The second-order valence-corrected chi connectivity index (χ2v) is 5.25. The van der Waals surface area contributed by atoms with Crippen LogP contribution in [0.4, 0.5) is 5.69 Å². The highest BCUT2D eigenvalue weighted by molar-refractivity contribution is 5.97. The molecule has 4 nitrogen and oxygen atoms in total. The molecule has 4 N–H and O–H groups in total. The van der Waals surface area contributed by atoms with Crippen molar-refractivity contribution in [1.82, 2.24) is 0 Å². The number of ether oxygens (including phenoxy) is 1. The van der Waals surface area contributed by atoms with Crippen molar-refractivity contribution in [1.29, 1.82) is 0 Å². The van der Waals surface area contributed by atoms with Crippen LogP contribution in [0.2, 0.25) is 0 Å². The van der Waals surface area contributed by atoms with Crippen molar-refractivity contribution < 1.29 is 9.53 Å². The molecule has 0 atom stereocenters. The molecule has 0 saturated carbocycles. The van der Waals surface area contributed by atoms with Crippen LogP contribution in [0.5, 0.6) is 5.75 Å². The number of carbonyl (C=O) groups excluding carboxylic acids is 1. The predicted molar refractivity (Wildman–Crippen MR) is 84.4 cm³/mol. The van der Waals surface area contributed by atoms with E-state index in [4.69, 9.17) is 16.2 Å². The van der Waals surface area contributed by atoms with Gasteiger partial charge in [0.25, 0.3) is 5.91 Å². The first kappa shape index (κ1) is 14.9. The first-order valence-electron chi connectivity index (χ1n) is 6.78. The van der Waals surface area contributed by atoms with E-state index in [9.17, 15) is 4.79 Å². The van der Waals surface area contributed by atoms with E-state index in [0.29, 0.717) is 23.6 Å². The molecule has 2 rings (SSSR count). The van der Waals surface area contributed by atoms with Crippen molar-refractivity contribution >= 4 is 11.6 Å². The predicted octanol–water partition coefficient (Wildman–Crippen LogP) is 2.87. The first-order valence-corrected chi connectivity index (χ1v) is 6.78. The number of hydrogen-bond acceptors (Lipinski definition) is 3. The maximum atomic E-state index is 11.5. The van der Waals surface area contributed by atoms with Gasteiger partial charge in [-0.1, -0.05) is 23.8 Å². The maximum Gasteiger partial charge on any atom is 0.252 e. The van der Waals surface area contributed by atoms with E-state index in [1.54, 1.807) is 18.2 Å². The van der Waals surface area contributed by atoms with E-state index < -0.39 is 5.91 Å². The third-order valence-corrected chi connectivity index (χ3v) is 3.51. The summed E-state index contributed by atoms with van der Waals surface area (Å²) in [5.74, 6) is -0.195. The number of primary amides is 1. The van der Waals surface area contributed by atoms with Gasteiger partial charge in [-0.2, -0.15) is 0 Å². The summed E-state index contributed by atoms with van der Waals surface area (Å²) in [5.41, 5.74) is 16.6. The number of carbonyl (C=O) groups is 1. The van der Waals surface area contributed by atoms with Gasteiger partial charge in [0.15, 0.2) is 5.75 Å². The fourth-order valence-electron chi connectivity index (χ4n) is 2.49. The summed E-state index contributed by atoms with van der Waals surface area (Å²) in [5, 5.41) is 0. The molecule has 0 aromatic heterocycles. The van der Waals surface area contributed by atoms with Crippen LogP contribution in [0.15, 0.2) is 30.3 Å². The third kappa shape index (κ3) is 3.16. The summed E-state index contributed by atoms with van der Waals surface area (Å²) in [4.78, 5) is 11.5. The van der Waals surface area contributed by atoms with Crippen LogP contribution in [0.3, 0.4) is 0 Å². The van der Waals surface area contributed by atoms with Crippen molar-refractivity contribution in [2.45, 2.75) is 27.4 Å². The number of benzene rings is 2. The molecule has 0 bridgehead atoms. The molecular formula is C17H20N2O2. The van der Waals surface area contributed by atoms with Crippen molar-refractivity contribution in [3.63, 3.8) is 0 Å². The number of nitrogen functional groups attached to an aromatic ring is 1. The van der Waals surface area contributed by atoms with Crippen LogP contribution in [0, 0.1) is 20.8 Å². The van der Waals surface area contributed by atoms with Crippen LogP contribution in [0.1, 0.15) is 32.6 Å². The number of para-hydroxylation sites is 1. The second kappa shape index (κ2) is 5.87. The Morgan fingerprint density at radius 1 is 1.14 bits per heavy atom. The molecule has 0 aliphatic carbocycles. The van der Waals surface area contributed by atoms with Crippen LogP contribution in [-0.2, 0) is 6.61 Å². The van der Waals surface area contributed by atoms with Gasteiger partial charge in [-0.05, 0) is 49.6 Å². The van der Waals surface area contributed by atoms with Gasteiger partial charge in [-0.3, -0.25) is 4.79 Å². The van der Waals surface area contributed by atoms with Crippen molar-refractivity contribution in [2.24, 2.45) is 5.73 Å². The van der Waals surface area contributed by atoms with Crippen LogP contribution in [0.25, 0.3) is 0 Å². The molecule has 0 heterocycles. The zero-order chi connectivity index (χ0) is 15.6. The molecule has 21 heavy (non-hydrogen) atoms. The Hall–Kier alpha value is -2.49. The van der Waals surface area contributed by atoms with E-state index in [2.05, 4.69) is 19.1 Å². The minimum absolute atomic E-state index is 0.303. The van der Waals surface area contributed by atoms with Crippen molar-refractivity contribution in [3.05, 3.63) is 58.1 Å². The Morgan fingerprint density at radius 3 is 2.33 bits per heavy atom. The summed E-state index contributed by atoms with van der Waals surface area (Å²) in [6, 6.07) is 9.20. The largest absolute Gasteiger partial charge is 0.486 e.